The van der Waals surface area contributed by atoms with Gasteiger partial charge in [-0.15, -0.1) is 0 Å². The van der Waals surface area contributed by atoms with E-state index in [1.54, 1.807) is 0 Å². The van der Waals surface area contributed by atoms with Gasteiger partial charge >= 0.3 is 0 Å². The molecule has 2 nitrogen and oxygen atoms in total. The third-order valence-corrected chi connectivity index (χ3v) is 4.23. The van der Waals surface area contributed by atoms with Gasteiger partial charge in [-0.3, -0.25) is 0 Å². The maximum absolute atomic E-state index is 10.3. The van der Waals surface area contributed by atoms with E-state index in [1.807, 2.05) is 24.3 Å². The van der Waals surface area contributed by atoms with E-state index in [0.717, 1.165) is 30.6 Å². The van der Waals surface area contributed by atoms with Gasteiger partial charge in [-0.1, -0.05) is 32.0 Å². The van der Waals surface area contributed by atoms with Crippen molar-refractivity contribution in [2.75, 3.05) is 0 Å². The fraction of sp³-hybridized carbons (Fsp3) is 0.600. The first-order chi connectivity index (χ1) is 8.00. The number of ether oxygens (including phenoxy) is 1. The second-order valence-electron chi connectivity index (χ2n) is 6.38. The van der Waals surface area contributed by atoms with Crippen LogP contribution in [0.2, 0.25) is 0 Å². The molecule has 1 unspecified atom stereocenters. The van der Waals surface area contributed by atoms with Crippen LogP contribution in [-0.4, -0.2) is 10.7 Å². The van der Waals surface area contributed by atoms with Crippen molar-refractivity contribution in [3.05, 3.63) is 29.8 Å². The fourth-order valence-electron chi connectivity index (χ4n) is 3.46. The molecule has 1 saturated carbocycles. The van der Waals surface area contributed by atoms with Gasteiger partial charge in [0, 0.05) is 12.0 Å². The van der Waals surface area contributed by atoms with Gasteiger partial charge in [-0.2, -0.15) is 0 Å². The molecule has 1 aromatic carbocycles. The number of rotatable bonds is 0. The Hall–Kier alpha value is -1.02. The summed E-state index contributed by atoms with van der Waals surface area (Å²) in [4.78, 5) is 0. The van der Waals surface area contributed by atoms with Gasteiger partial charge in [0.05, 0.1) is 6.10 Å². The molecule has 0 bridgehead atoms. The molecule has 1 N–H and O–H groups in total. The van der Waals surface area contributed by atoms with Gasteiger partial charge in [-0.25, -0.2) is 0 Å². The third-order valence-electron chi connectivity index (χ3n) is 4.23. The molecule has 92 valence electrons. The summed E-state index contributed by atoms with van der Waals surface area (Å²) in [5.41, 5.74) is 1.16. The predicted octanol–water partition coefficient (Wildman–Crippen LogP) is 3.45. The number of aliphatic hydroxyl groups excluding tert-OH is 1. The van der Waals surface area contributed by atoms with Gasteiger partial charge < -0.3 is 9.84 Å². The standard InChI is InChI=1S/C15H20O2/c1-14(2)7-8-15(10-14)9-12(16)11-5-3-4-6-13(11)17-15/h3-6,12,16H,7-10H2,1-2H3/t12-,15?/m0/s1. The number of benzene rings is 1. The quantitative estimate of drug-likeness (QED) is 0.742. The van der Waals surface area contributed by atoms with Crippen LogP contribution >= 0.6 is 0 Å². The summed E-state index contributed by atoms with van der Waals surface area (Å²) in [5, 5.41) is 10.3. The largest absolute Gasteiger partial charge is 0.487 e. The van der Waals surface area contributed by atoms with Crippen LogP contribution in [0.5, 0.6) is 5.75 Å². The first-order valence-corrected chi connectivity index (χ1v) is 6.46. The van der Waals surface area contributed by atoms with Crippen LogP contribution in [0.3, 0.4) is 0 Å². The summed E-state index contributed by atoms with van der Waals surface area (Å²) in [6.07, 6.45) is 3.67. The molecule has 1 spiro atoms. The summed E-state index contributed by atoms with van der Waals surface area (Å²) in [6.45, 7) is 4.58. The molecule has 1 aliphatic heterocycles. The fourth-order valence-corrected chi connectivity index (χ4v) is 3.46. The van der Waals surface area contributed by atoms with E-state index in [2.05, 4.69) is 13.8 Å². The maximum Gasteiger partial charge on any atom is 0.125 e. The zero-order chi connectivity index (χ0) is 12.1. The summed E-state index contributed by atoms with van der Waals surface area (Å²) < 4.78 is 6.23. The van der Waals surface area contributed by atoms with Crippen molar-refractivity contribution < 1.29 is 9.84 Å². The average molecular weight is 232 g/mol. The molecule has 1 heterocycles. The highest BCUT2D eigenvalue weighted by Crippen LogP contribution is 2.52. The number of hydrogen-bond acceptors (Lipinski definition) is 2. The Morgan fingerprint density at radius 1 is 1.24 bits per heavy atom. The lowest BCUT2D eigenvalue weighted by Crippen LogP contribution is -2.39. The molecular formula is C15H20O2. The molecule has 1 fully saturated rings. The number of hydrogen-bond donors (Lipinski definition) is 1. The second-order valence-corrected chi connectivity index (χ2v) is 6.38. The first-order valence-electron chi connectivity index (χ1n) is 6.46. The van der Waals surface area contributed by atoms with Crippen molar-refractivity contribution in [3.63, 3.8) is 0 Å². The van der Waals surface area contributed by atoms with Crippen molar-refractivity contribution in [2.45, 2.75) is 51.2 Å². The van der Waals surface area contributed by atoms with E-state index in [-0.39, 0.29) is 11.7 Å². The summed E-state index contributed by atoms with van der Waals surface area (Å²) in [5.74, 6) is 0.879. The van der Waals surface area contributed by atoms with E-state index in [9.17, 15) is 5.11 Å². The molecule has 1 aliphatic carbocycles. The van der Waals surface area contributed by atoms with Crippen molar-refractivity contribution in [1.29, 1.82) is 0 Å². The normalized spacial score (nSPS) is 34.4. The van der Waals surface area contributed by atoms with E-state index in [1.165, 1.54) is 6.42 Å². The Bertz CT molecular complexity index is 438. The molecular weight excluding hydrogens is 212 g/mol. The molecule has 17 heavy (non-hydrogen) atoms. The molecule has 3 rings (SSSR count). The highest BCUT2D eigenvalue weighted by atomic mass is 16.5. The van der Waals surface area contributed by atoms with Gasteiger partial charge in [0.1, 0.15) is 11.4 Å². The summed E-state index contributed by atoms with van der Waals surface area (Å²) >= 11 is 0. The van der Waals surface area contributed by atoms with Crippen LogP contribution in [0.4, 0.5) is 0 Å². The Balaban J connectivity index is 1.94. The van der Waals surface area contributed by atoms with Crippen LogP contribution in [0.15, 0.2) is 24.3 Å². The monoisotopic (exact) mass is 232 g/mol. The van der Waals surface area contributed by atoms with Crippen LogP contribution < -0.4 is 4.74 Å². The Kier molecular flexibility index (Phi) is 2.27. The van der Waals surface area contributed by atoms with E-state index in [4.69, 9.17) is 4.74 Å². The molecule has 2 heteroatoms. The van der Waals surface area contributed by atoms with E-state index in [0.29, 0.717) is 5.41 Å². The zero-order valence-electron chi connectivity index (χ0n) is 10.6. The third kappa shape index (κ3) is 1.85. The number of aliphatic hydroxyl groups is 1. The van der Waals surface area contributed by atoms with Crippen LogP contribution in [0.25, 0.3) is 0 Å². The minimum atomic E-state index is -0.367. The Morgan fingerprint density at radius 2 is 2.00 bits per heavy atom. The molecule has 0 aromatic heterocycles. The molecule has 0 amide bonds. The minimum absolute atomic E-state index is 0.128. The topological polar surface area (TPSA) is 29.5 Å². The van der Waals surface area contributed by atoms with Crippen molar-refractivity contribution >= 4 is 0 Å². The average Bonchev–Trinajstić information content (AvgIpc) is 2.54. The maximum atomic E-state index is 10.3. The molecule has 0 saturated heterocycles. The van der Waals surface area contributed by atoms with Gasteiger partial charge in [0.2, 0.25) is 0 Å². The highest BCUT2D eigenvalue weighted by Gasteiger charge is 2.48. The zero-order valence-corrected chi connectivity index (χ0v) is 10.6. The molecule has 1 aromatic rings. The first kappa shape index (κ1) is 11.1. The SMILES string of the molecule is CC1(C)CCC2(C[C@H](O)c3ccccc3O2)C1. The van der Waals surface area contributed by atoms with Crippen LogP contribution in [-0.2, 0) is 0 Å². The Morgan fingerprint density at radius 3 is 2.71 bits per heavy atom. The lowest BCUT2D eigenvalue weighted by molar-refractivity contribution is -0.0155. The number of fused-ring (bicyclic) bond motifs is 1. The summed E-state index contributed by atoms with van der Waals surface area (Å²) in [6, 6.07) is 7.88. The lowest BCUT2D eigenvalue weighted by Gasteiger charge is -2.39. The van der Waals surface area contributed by atoms with Gasteiger partial charge in [-0.05, 0) is 30.7 Å². The van der Waals surface area contributed by atoms with Gasteiger partial charge in [0.25, 0.3) is 0 Å². The second kappa shape index (κ2) is 3.49. The van der Waals surface area contributed by atoms with Crippen molar-refractivity contribution in [1.82, 2.24) is 0 Å². The number of para-hydroxylation sites is 1. The molecule has 2 aliphatic rings. The van der Waals surface area contributed by atoms with Gasteiger partial charge in [0.15, 0.2) is 0 Å². The Labute approximate surface area is 103 Å². The van der Waals surface area contributed by atoms with Crippen molar-refractivity contribution in [3.8, 4) is 5.75 Å². The molecule has 2 atom stereocenters. The van der Waals surface area contributed by atoms with E-state index < -0.39 is 0 Å². The van der Waals surface area contributed by atoms with Crippen LogP contribution in [0.1, 0.15) is 51.2 Å². The molecule has 0 radical (unpaired) electrons. The highest BCUT2D eigenvalue weighted by molar-refractivity contribution is 5.38. The predicted molar refractivity (Wildman–Crippen MR) is 67.0 cm³/mol. The van der Waals surface area contributed by atoms with E-state index >= 15 is 0 Å². The van der Waals surface area contributed by atoms with Crippen LogP contribution in [0, 0.1) is 5.41 Å². The smallest absolute Gasteiger partial charge is 0.125 e. The lowest BCUT2D eigenvalue weighted by atomic mass is 9.83. The van der Waals surface area contributed by atoms with Crippen molar-refractivity contribution in [2.24, 2.45) is 5.41 Å². The minimum Gasteiger partial charge on any atom is -0.487 e. The summed E-state index contributed by atoms with van der Waals surface area (Å²) in [7, 11) is 0.